The van der Waals surface area contributed by atoms with Crippen LogP contribution in [0.4, 0.5) is 0 Å². The van der Waals surface area contributed by atoms with Gasteiger partial charge in [-0.15, -0.1) is 11.6 Å². The monoisotopic (exact) mass is 307 g/mol. The Balaban J connectivity index is 3.04. The number of alkyl halides is 1. The summed E-state index contributed by atoms with van der Waals surface area (Å²) >= 11 is 5.59. The maximum absolute atomic E-state index is 11.3. The minimum atomic E-state index is 0.114. The molecule has 0 aromatic heterocycles. The van der Waals surface area contributed by atoms with Gasteiger partial charge >= 0.3 is 0 Å². The van der Waals surface area contributed by atoms with Crippen LogP contribution in [0.2, 0.25) is 0 Å². The average Bonchev–Trinajstić information content (AvgIpc) is 2.46. The first-order valence-electron chi connectivity index (χ1n) is 7.79. The van der Waals surface area contributed by atoms with Crippen molar-refractivity contribution in [3.05, 3.63) is 0 Å². The zero-order valence-electron chi connectivity index (χ0n) is 12.8. The smallest absolute Gasteiger partial charge is 0.220 e. The minimum Gasteiger partial charge on any atom is -0.379 e. The number of hydrogen-bond acceptors (Lipinski definition) is 3. The van der Waals surface area contributed by atoms with Crippen LogP contribution in [0.3, 0.4) is 0 Å². The summed E-state index contributed by atoms with van der Waals surface area (Å²) < 4.78 is 10.8. The highest BCUT2D eigenvalue weighted by Crippen LogP contribution is 2.01. The van der Waals surface area contributed by atoms with Crippen molar-refractivity contribution in [1.29, 1.82) is 0 Å². The Bertz CT molecular complexity index is 215. The van der Waals surface area contributed by atoms with Crippen molar-refractivity contribution in [1.82, 2.24) is 5.32 Å². The van der Waals surface area contributed by atoms with E-state index in [1.165, 1.54) is 12.8 Å². The third-order valence-corrected chi connectivity index (χ3v) is 3.14. The molecule has 0 radical (unpaired) electrons. The van der Waals surface area contributed by atoms with Gasteiger partial charge in [0.05, 0.1) is 19.8 Å². The zero-order chi connectivity index (χ0) is 14.9. The highest BCUT2D eigenvalue weighted by Gasteiger charge is 1.98. The average molecular weight is 308 g/mol. The summed E-state index contributed by atoms with van der Waals surface area (Å²) in [5.74, 6) is 0.868. The van der Waals surface area contributed by atoms with Crippen molar-refractivity contribution < 1.29 is 14.3 Å². The van der Waals surface area contributed by atoms with Gasteiger partial charge in [0, 0.05) is 25.5 Å². The van der Waals surface area contributed by atoms with Gasteiger partial charge in [0.25, 0.3) is 0 Å². The van der Waals surface area contributed by atoms with E-state index in [4.69, 9.17) is 21.1 Å². The fourth-order valence-electron chi connectivity index (χ4n) is 1.66. The van der Waals surface area contributed by atoms with Gasteiger partial charge in [-0.05, 0) is 19.3 Å². The minimum absolute atomic E-state index is 0.114. The van der Waals surface area contributed by atoms with Gasteiger partial charge in [0.2, 0.25) is 5.91 Å². The summed E-state index contributed by atoms with van der Waals surface area (Å²) in [6, 6.07) is 0. The summed E-state index contributed by atoms with van der Waals surface area (Å²) in [5.41, 5.74) is 0. The second-order valence-corrected chi connectivity index (χ2v) is 5.16. The first-order valence-corrected chi connectivity index (χ1v) is 8.32. The van der Waals surface area contributed by atoms with Crippen LogP contribution in [0, 0.1) is 0 Å². The fraction of sp³-hybridized carbons (Fsp3) is 0.933. The second kappa shape index (κ2) is 16.7. The molecule has 0 aliphatic rings. The zero-order valence-corrected chi connectivity index (χ0v) is 13.6. The Morgan fingerprint density at radius 2 is 1.65 bits per heavy atom. The number of amides is 1. The van der Waals surface area contributed by atoms with E-state index in [1.54, 1.807) is 0 Å². The molecule has 0 saturated heterocycles. The van der Waals surface area contributed by atoms with Gasteiger partial charge in [-0.25, -0.2) is 0 Å². The van der Waals surface area contributed by atoms with E-state index in [9.17, 15) is 4.79 Å². The summed E-state index contributed by atoms with van der Waals surface area (Å²) in [6.07, 6.45) is 7.15. The molecule has 0 saturated carbocycles. The van der Waals surface area contributed by atoms with Gasteiger partial charge in [0.15, 0.2) is 0 Å². The Kier molecular flexibility index (Phi) is 16.5. The van der Waals surface area contributed by atoms with Crippen LogP contribution in [0.5, 0.6) is 0 Å². The van der Waals surface area contributed by atoms with Gasteiger partial charge in [-0.2, -0.15) is 0 Å². The Hall–Kier alpha value is -0.320. The van der Waals surface area contributed by atoms with E-state index < -0.39 is 0 Å². The van der Waals surface area contributed by atoms with E-state index in [0.717, 1.165) is 38.2 Å². The molecule has 0 aromatic rings. The van der Waals surface area contributed by atoms with Gasteiger partial charge in [0.1, 0.15) is 0 Å². The van der Waals surface area contributed by atoms with Gasteiger partial charge in [-0.3, -0.25) is 4.79 Å². The number of hydrogen-bond donors (Lipinski definition) is 1. The molecule has 20 heavy (non-hydrogen) atoms. The maximum Gasteiger partial charge on any atom is 0.220 e. The first kappa shape index (κ1) is 19.7. The molecular weight excluding hydrogens is 278 g/mol. The van der Waals surface area contributed by atoms with E-state index in [0.29, 0.717) is 32.8 Å². The third-order valence-electron chi connectivity index (χ3n) is 2.87. The second-order valence-electron chi connectivity index (χ2n) is 4.78. The number of halogens is 1. The van der Waals surface area contributed by atoms with Crippen molar-refractivity contribution in [3.63, 3.8) is 0 Å². The highest BCUT2D eigenvalue weighted by atomic mass is 35.5. The number of carbonyl (C=O) groups is 1. The summed E-state index contributed by atoms with van der Waals surface area (Å²) in [7, 11) is 0. The van der Waals surface area contributed by atoms with Crippen LogP contribution in [0.1, 0.15) is 51.9 Å². The quantitative estimate of drug-likeness (QED) is 0.373. The molecule has 0 aliphatic heterocycles. The van der Waals surface area contributed by atoms with Crippen LogP contribution < -0.4 is 5.32 Å². The van der Waals surface area contributed by atoms with Crippen molar-refractivity contribution in [2.24, 2.45) is 0 Å². The molecule has 0 unspecified atom stereocenters. The topological polar surface area (TPSA) is 47.6 Å². The third kappa shape index (κ3) is 15.7. The summed E-state index contributed by atoms with van der Waals surface area (Å²) in [5, 5.41) is 2.83. The van der Waals surface area contributed by atoms with Crippen LogP contribution in [0.25, 0.3) is 0 Å². The molecule has 0 bridgehead atoms. The Morgan fingerprint density at radius 3 is 2.35 bits per heavy atom. The van der Waals surface area contributed by atoms with Crippen LogP contribution >= 0.6 is 11.6 Å². The maximum atomic E-state index is 11.3. The largest absolute Gasteiger partial charge is 0.379 e. The molecule has 120 valence electrons. The number of ether oxygens (including phenoxy) is 2. The van der Waals surface area contributed by atoms with Crippen LogP contribution in [0.15, 0.2) is 0 Å². The normalized spacial score (nSPS) is 10.7. The fourth-order valence-corrected chi connectivity index (χ4v) is 1.85. The van der Waals surface area contributed by atoms with Crippen LogP contribution in [-0.2, 0) is 14.3 Å². The lowest BCUT2D eigenvalue weighted by Gasteiger charge is -2.07. The molecule has 1 N–H and O–H groups in total. The number of unbranched alkanes of at least 4 members (excludes halogenated alkanes) is 4. The molecule has 0 fully saturated rings. The molecule has 0 heterocycles. The predicted molar refractivity (Wildman–Crippen MR) is 83.4 cm³/mol. The van der Waals surface area contributed by atoms with Gasteiger partial charge in [-0.1, -0.05) is 26.2 Å². The van der Waals surface area contributed by atoms with E-state index in [2.05, 4.69) is 12.2 Å². The summed E-state index contributed by atoms with van der Waals surface area (Å²) in [4.78, 5) is 11.3. The lowest BCUT2D eigenvalue weighted by molar-refractivity contribution is -0.121. The molecule has 0 aromatic carbocycles. The Morgan fingerprint density at radius 1 is 0.950 bits per heavy atom. The molecule has 4 nitrogen and oxygen atoms in total. The van der Waals surface area contributed by atoms with E-state index >= 15 is 0 Å². The van der Waals surface area contributed by atoms with E-state index in [1.807, 2.05) is 0 Å². The van der Waals surface area contributed by atoms with E-state index in [-0.39, 0.29) is 5.91 Å². The lowest BCUT2D eigenvalue weighted by Crippen LogP contribution is -2.27. The molecule has 0 spiro atoms. The lowest BCUT2D eigenvalue weighted by atomic mass is 10.2. The summed E-state index contributed by atoms with van der Waals surface area (Å²) in [6.45, 7) is 5.22. The Labute approximate surface area is 128 Å². The molecule has 0 atom stereocenters. The van der Waals surface area contributed by atoms with Crippen molar-refractivity contribution in [3.8, 4) is 0 Å². The highest BCUT2D eigenvalue weighted by molar-refractivity contribution is 6.17. The number of nitrogens with one attached hydrogen (secondary N) is 1. The van der Waals surface area contributed by atoms with Crippen molar-refractivity contribution >= 4 is 17.5 Å². The number of carbonyl (C=O) groups excluding carboxylic acids is 1. The standard InChI is InChI=1S/C15H30ClNO3/c1-2-3-8-15(18)17-10-12-20-14-13-19-11-7-5-4-6-9-16/h2-14H2,1H3,(H,17,18). The van der Waals surface area contributed by atoms with Crippen molar-refractivity contribution in [2.75, 3.05) is 38.9 Å². The molecule has 0 rings (SSSR count). The van der Waals surface area contributed by atoms with Crippen molar-refractivity contribution in [2.45, 2.75) is 51.9 Å². The first-order chi connectivity index (χ1) is 9.81. The molecule has 5 heteroatoms. The number of rotatable bonds is 15. The van der Waals surface area contributed by atoms with Gasteiger partial charge < -0.3 is 14.8 Å². The predicted octanol–water partition coefficient (Wildman–Crippen LogP) is 3.13. The molecular formula is C15H30ClNO3. The molecule has 0 aliphatic carbocycles. The SMILES string of the molecule is CCCCC(=O)NCCOCCOCCCCCCCl. The molecule has 1 amide bonds. The van der Waals surface area contributed by atoms with Crippen LogP contribution in [-0.4, -0.2) is 44.8 Å².